The molecule has 1 saturated heterocycles. The highest BCUT2D eigenvalue weighted by Gasteiger charge is 2.28. The molecule has 1 aliphatic rings. The molecule has 0 radical (unpaired) electrons. The maximum atomic E-state index is 13.5. The van der Waals surface area contributed by atoms with Gasteiger partial charge in [-0.2, -0.15) is 0 Å². The zero-order valence-corrected chi connectivity index (χ0v) is 12.4. The molecule has 1 heterocycles. The highest BCUT2D eigenvalue weighted by Crippen LogP contribution is 2.33. The summed E-state index contributed by atoms with van der Waals surface area (Å²) in [7, 11) is 0. The number of benzene rings is 1. The Kier molecular flexibility index (Phi) is 4.46. The van der Waals surface area contributed by atoms with E-state index in [-0.39, 0.29) is 11.9 Å². The SMILES string of the molecule is CCNC(C)c1cc(F)ccc1N1CC(C)C(C)C1. The predicted molar refractivity (Wildman–Crippen MR) is 79.0 cm³/mol. The first kappa shape index (κ1) is 14.3. The molecule has 0 saturated carbocycles. The van der Waals surface area contributed by atoms with Crippen molar-refractivity contribution >= 4 is 5.69 Å². The lowest BCUT2D eigenvalue weighted by Gasteiger charge is -2.25. The minimum atomic E-state index is -0.149. The van der Waals surface area contributed by atoms with Gasteiger partial charge in [-0.15, -0.1) is 0 Å². The minimum absolute atomic E-state index is 0.149. The summed E-state index contributed by atoms with van der Waals surface area (Å²) >= 11 is 0. The summed E-state index contributed by atoms with van der Waals surface area (Å²) in [4.78, 5) is 2.40. The molecule has 1 aromatic carbocycles. The maximum Gasteiger partial charge on any atom is 0.123 e. The van der Waals surface area contributed by atoms with Gasteiger partial charge in [0.05, 0.1) is 0 Å². The van der Waals surface area contributed by atoms with Crippen molar-refractivity contribution in [2.45, 2.75) is 33.7 Å². The number of hydrogen-bond donors (Lipinski definition) is 1. The second-order valence-corrected chi connectivity index (χ2v) is 5.84. The summed E-state index contributed by atoms with van der Waals surface area (Å²) in [5.74, 6) is 1.25. The smallest absolute Gasteiger partial charge is 0.123 e. The lowest BCUT2D eigenvalue weighted by molar-refractivity contribution is 0.494. The Morgan fingerprint density at radius 1 is 1.32 bits per heavy atom. The van der Waals surface area contributed by atoms with Crippen molar-refractivity contribution < 1.29 is 4.39 Å². The van der Waals surface area contributed by atoms with Crippen LogP contribution in [-0.2, 0) is 0 Å². The fourth-order valence-electron chi connectivity index (χ4n) is 2.90. The molecule has 0 aromatic heterocycles. The van der Waals surface area contributed by atoms with Crippen LogP contribution in [-0.4, -0.2) is 19.6 Å². The molecule has 0 spiro atoms. The van der Waals surface area contributed by atoms with Crippen molar-refractivity contribution in [1.29, 1.82) is 0 Å². The van der Waals surface area contributed by atoms with E-state index in [2.05, 4.69) is 37.9 Å². The van der Waals surface area contributed by atoms with Gasteiger partial charge in [0.2, 0.25) is 0 Å². The molecule has 3 atom stereocenters. The van der Waals surface area contributed by atoms with Crippen molar-refractivity contribution in [3.8, 4) is 0 Å². The van der Waals surface area contributed by atoms with Gasteiger partial charge in [0.15, 0.2) is 0 Å². The van der Waals surface area contributed by atoms with Crippen LogP contribution in [0.4, 0.5) is 10.1 Å². The number of hydrogen-bond acceptors (Lipinski definition) is 2. The zero-order valence-electron chi connectivity index (χ0n) is 12.4. The first-order chi connectivity index (χ1) is 9.02. The van der Waals surface area contributed by atoms with Crippen LogP contribution < -0.4 is 10.2 Å². The fraction of sp³-hybridized carbons (Fsp3) is 0.625. The van der Waals surface area contributed by atoms with Crippen molar-refractivity contribution in [2.75, 3.05) is 24.5 Å². The van der Waals surface area contributed by atoms with Gasteiger partial charge >= 0.3 is 0 Å². The van der Waals surface area contributed by atoms with Crippen molar-refractivity contribution in [1.82, 2.24) is 5.32 Å². The number of anilines is 1. The van der Waals surface area contributed by atoms with E-state index in [1.165, 1.54) is 5.69 Å². The van der Waals surface area contributed by atoms with Gasteiger partial charge in [0.25, 0.3) is 0 Å². The second-order valence-electron chi connectivity index (χ2n) is 5.84. The maximum absolute atomic E-state index is 13.5. The molecule has 3 heteroatoms. The number of nitrogens with one attached hydrogen (secondary N) is 1. The van der Waals surface area contributed by atoms with E-state index < -0.39 is 0 Å². The molecule has 1 aromatic rings. The third-order valence-electron chi connectivity index (χ3n) is 4.30. The Morgan fingerprint density at radius 3 is 2.53 bits per heavy atom. The van der Waals surface area contributed by atoms with E-state index in [1.807, 2.05) is 6.07 Å². The lowest BCUT2D eigenvalue weighted by atomic mass is 10.0. The Balaban J connectivity index is 2.29. The Hall–Kier alpha value is -1.09. The summed E-state index contributed by atoms with van der Waals surface area (Å²) < 4.78 is 13.5. The van der Waals surface area contributed by atoms with Gasteiger partial charge in [-0.05, 0) is 49.1 Å². The van der Waals surface area contributed by atoms with Gasteiger partial charge in [0, 0.05) is 24.8 Å². The molecule has 1 N–H and O–H groups in total. The number of nitrogens with zero attached hydrogens (tertiary/aromatic N) is 1. The monoisotopic (exact) mass is 264 g/mol. The Labute approximate surface area is 116 Å². The van der Waals surface area contributed by atoms with Crippen LogP contribution in [0.25, 0.3) is 0 Å². The van der Waals surface area contributed by atoms with E-state index in [0.717, 1.165) is 25.2 Å². The molecule has 19 heavy (non-hydrogen) atoms. The number of rotatable bonds is 4. The van der Waals surface area contributed by atoms with E-state index in [9.17, 15) is 4.39 Å². The lowest BCUT2D eigenvalue weighted by Crippen LogP contribution is -2.25. The average molecular weight is 264 g/mol. The molecule has 2 nitrogen and oxygen atoms in total. The van der Waals surface area contributed by atoms with Crippen molar-refractivity contribution in [3.05, 3.63) is 29.6 Å². The van der Waals surface area contributed by atoms with Crippen LogP contribution in [0.2, 0.25) is 0 Å². The molecule has 3 unspecified atom stereocenters. The normalized spacial score (nSPS) is 24.8. The van der Waals surface area contributed by atoms with Crippen LogP contribution in [0.5, 0.6) is 0 Å². The zero-order chi connectivity index (χ0) is 14.0. The predicted octanol–water partition coefficient (Wildman–Crippen LogP) is 3.59. The standard InChI is InChI=1S/C16H25FN2/c1-5-18-13(4)15-8-14(17)6-7-16(15)19-9-11(2)12(3)10-19/h6-8,11-13,18H,5,9-10H2,1-4H3. The average Bonchev–Trinajstić information content (AvgIpc) is 2.69. The highest BCUT2D eigenvalue weighted by molar-refractivity contribution is 5.56. The first-order valence-corrected chi connectivity index (χ1v) is 7.30. The van der Waals surface area contributed by atoms with Crippen molar-refractivity contribution in [2.24, 2.45) is 11.8 Å². The molecule has 106 valence electrons. The van der Waals surface area contributed by atoms with E-state index in [4.69, 9.17) is 0 Å². The molecule has 0 bridgehead atoms. The van der Waals surface area contributed by atoms with Gasteiger partial charge in [-0.3, -0.25) is 0 Å². The Morgan fingerprint density at radius 2 is 1.95 bits per heavy atom. The summed E-state index contributed by atoms with van der Waals surface area (Å²) in [6.45, 7) is 11.8. The summed E-state index contributed by atoms with van der Waals surface area (Å²) in [6, 6.07) is 5.37. The minimum Gasteiger partial charge on any atom is -0.371 e. The molecule has 1 fully saturated rings. The molecule has 0 aliphatic carbocycles. The first-order valence-electron chi connectivity index (χ1n) is 7.30. The van der Waals surface area contributed by atoms with Crippen LogP contribution in [0.3, 0.4) is 0 Å². The fourth-order valence-corrected chi connectivity index (χ4v) is 2.90. The molecule has 1 aliphatic heterocycles. The molecule has 0 amide bonds. The Bertz CT molecular complexity index is 423. The van der Waals surface area contributed by atoms with Crippen LogP contribution in [0.1, 0.15) is 39.3 Å². The number of halogens is 1. The summed E-state index contributed by atoms with van der Waals surface area (Å²) in [6.07, 6.45) is 0. The van der Waals surface area contributed by atoms with Gasteiger partial charge in [0.1, 0.15) is 5.82 Å². The van der Waals surface area contributed by atoms with E-state index in [0.29, 0.717) is 11.8 Å². The highest BCUT2D eigenvalue weighted by atomic mass is 19.1. The van der Waals surface area contributed by atoms with Gasteiger partial charge in [-0.1, -0.05) is 20.8 Å². The summed E-state index contributed by atoms with van der Waals surface area (Å²) in [5.41, 5.74) is 2.26. The second kappa shape index (κ2) is 5.91. The van der Waals surface area contributed by atoms with E-state index >= 15 is 0 Å². The largest absolute Gasteiger partial charge is 0.371 e. The molecular formula is C16H25FN2. The van der Waals surface area contributed by atoms with Gasteiger partial charge < -0.3 is 10.2 Å². The molecule has 2 rings (SSSR count). The third-order valence-corrected chi connectivity index (χ3v) is 4.30. The topological polar surface area (TPSA) is 15.3 Å². The van der Waals surface area contributed by atoms with Gasteiger partial charge in [-0.25, -0.2) is 4.39 Å². The van der Waals surface area contributed by atoms with E-state index in [1.54, 1.807) is 12.1 Å². The van der Waals surface area contributed by atoms with Crippen LogP contribution in [0.15, 0.2) is 18.2 Å². The van der Waals surface area contributed by atoms with Crippen LogP contribution >= 0.6 is 0 Å². The quantitative estimate of drug-likeness (QED) is 0.894. The molecular weight excluding hydrogens is 239 g/mol. The van der Waals surface area contributed by atoms with Crippen molar-refractivity contribution in [3.63, 3.8) is 0 Å². The van der Waals surface area contributed by atoms with Crippen LogP contribution in [0, 0.1) is 17.7 Å². The summed E-state index contributed by atoms with van der Waals surface area (Å²) in [5, 5.41) is 3.38. The third kappa shape index (κ3) is 3.08.